The Balaban J connectivity index is 0.000000116. The van der Waals surface area contributed by atoms with E-state index in [9.17, 15) is 0 Å². The summed E-state index contributed by atoms with van der Waals surface area (Å²) in [5, 5.41) is 8.15. The number of benzene rings is 17. The van der Waals surface area contributed by atoms with Crippen LogP contribution in [0.5, 0.6) is 0 Å². The Labute approximate surface area is 807 Å². The van der Waals surface area contributed by atoms with Crippen LogP contribution in [0.4, 0.5) is 17.1 Å². The van der Waals surface area contributed by atoms with Crippen LogP contribution in [-0.4, -0.2) is 29.9 Å². The summed E-state index contributed by atoms with van der Waals surface area (Å²) in [4.78, 5) is 32.0. The van der Waals surface area contributed by atoms with Crippen molar-refractivity contribution in [3.8, 4) is 124 Å². The van der Waals surface area contributed by atoms with Crippen LogP contribution < -0.4 is 4.90 Å². The molecule has 0 radical (unpaired) electrons. The third-order valence-electron chi connectivity index (χ3n) is 30.8. The van der Waals surface area contributed by atoms with Crippen molar-refractivity contribution in [3.63, 3.8) is 0 Å². The van der Waals surface area contributed by atoms with E-state index in [0.29, 0.717) is 34.9 Å². The Bertz CT molecular complexity index is 8290. The van der Waals surface area contributed by atoms with Gasteiger partial charge < -0.3 is 4.90 Å². The molecule has 0 spiro atoms. The second-order valence-electron chi connectivity index (χ2n) is 39.7. The number of thiophene rings is 3. The van der Waals surface area contributed by atoms with Gasteiger partial charge in [0.1, 0.15) is 0 Å². The van der Waals surface area contributed by atoms with Crippen LogP contribution in [-0.2, 0) is 32.5 Å². The van der Waals surface area contributed by atoms with Crippen LogP contribution in [0.3, 0.4) is 0 Å². The first-order chi connectivity index (χ1) is 65.9. The lowest BCUT2D eigenvalue weighted by molar-refractivity contribution is 0.299. The molecule has 0 aliphatic heterocycles. The Hall–Kier alpha value is -14.8. The SMILES string of the molecule is CC1(C)c2cc(-c3ccc(-c4nc(-c5ccccc5)nc(-c5ccccc5)n4)cc3)ccc2-c2c(ccc3c2sc2ccccc23)C1(C)C.CC1(C)c2cc(-c3cccc(-c4nc(-c5ccccc5)nc(-c5ccccc5)n4)c3)ccc2-c2c(ccc3sc4ccccc4c23)C1(C)C.CC1(C)c2cc(N(c3ccccc3)c3ccccc3)ccc2-c2cc3c(cc2C1(C)C)sc1ccccc13. The third-order valence-corrected chi connectivity index (χ3v) is 34.3. The Kier molecular flexibility index (Phi) is 20.8. The summed E-state index contributed by atoms with van der Waals surface area (Å²) in [6.07, 6.45) is 0. The predicted octanol–water partition coefficient (Wildman–Crippen LogP) is 35.0. The van der Waals surface area contributed by atoms with E-state index < -0.39 is 0 Å². The monoisotopic (exact) mass is 1810 g/mol. The van der Waals surface area contributed by atoms with Crippen LogP contribution in [0, 0.1) is 0 Å². The number of aromatic nitrogens is 6. The zero-order valence-electron chi connectivity index (χ0n) is 78.4. The lowest BCUT2D eigenvalue weighted by Crippen LogP contribution is -2.43. The minimum absolute atomic E-state index is 0.0390. The van der Waals surface area contributed by atoms with E-state index in [1.54, 1.807) is 0 Å². The van der Waals surface area contributed by atoms with E-state index >= 15 is 0 Å². The molecule has 10 heteroatoms. The average Bonchev–Trinajstić information content (AvgIpc) is 1.29. The first kappa shape index (κ1) is 85.4. The van der Waals surface area contributed by atoms with Gasteiger partial charge in [0.15, 0.2) is 34.9 Å². The number of nitrogens with zero attached hydrogens (tertiary/aromatic N) is 7. The molecule has 136 heavy (non-hydrogen) atoms. The number of anilines is 3. The van der Waals surface area contributed by atoms with E-state index in [1.807, 2.05) is 155 Å². The van der Waals surface area contributed by atoms with Crippen molar-refractivity contribution in [2.45, 2.75) is 116 Å². The molecule has 7 nitrogen and oxygen atoms in total. The lowest BCUT2D eigenvalue weighted by atomic mass is 9.55. The van der Waals surface area contributed by atoms with Gasteiger partial charge in [-0.3, -0.25) is 0 Å². The predicted molar refractivity (Wildman–Crippen MR) is 577 cm³/mol. The molecule has 0 amide bonds. The molecule has 3 aliphatic rings. The molecule has 0 saturated heterocycles. The fraction of sp³-hybridized carbons (Fsp3) is 0.143. The van der Waals surface area contributed by atoms with Crippen LogP contribution >= 0.6 is 34.0 Å². The molecule has 3 aliphatic carbocycles. The van der Waals surface area contributed by atoms with Gasteiger partial charge in [-0.05, 0) is 207 Å². The largest absolute Gasteiger partial charge is 0.310 e. The lowest BCUT2D eigenvalue weighted by Gasteiger charge is -2.48. The van der Waals surface area contributed by atoms with Gasteiger partial charge in [-0.2, -0.15) is 0 Å². The van der Waals surface area contributed by atoms with Crippen molar-refractivity contribution in [1.82, 2.24) is 29.9 Å². The van der Waals surface area contributed by atoms with Crippen LogP contribution in [0.1, 0.15) is 116 Å². The molecule has 22 aromatic rings. The highest BCUT2D eigenvalue weighted by atomic mass is 32.1. The molecule has 0 saturated carbocycles. The summed E-state index contributed by atoms with van der Waals surface area (Å²) in [6, 6.07) is 141. The highest BCUT2D eigenvalue weighted by Gasteiger charge is 2.50. The number of rotatable bonds is 11. The van der Waals surface area contributed by atoms with Gasteiger partial charge in [0.2, 0.25) is 0 Å². The van der Waals surface area contributed by atoms with Crippen molar-refractivity contribution in [1.29, 1.82) is 0 Å². The van der Waals surface area contributed by atoms with Crippen molar-refractivity contribution >= 4 is 112 Å². The Morgan fingerprint density at radius 1 is 0.184 bits per heavy atom. The summed E-state index contributed by atoms with van der Waals surface area (Å²) in [7, 11) is 0. The van der Waals surface area contributed by atoms with Crippen LogP contribution in [0.25, 0.3) is 184 Å². The number of hydrogen-bond acceptors (Lipinski definition) is 10. The zero-order chi connectivity index (χ0) is 92.7. The van der Waals surface area contributed by atoms with Gasteiger partial charge >= 0.3 is 0 Å². The molecule has 5 heterocycles. The standard InChI is InChI=1S/2C45H35N3S.C36H31NS/c1-44(2)35-24-25-38-40(34-20-11-12-21-37(34)49-38)39(35)33-23-22-31(27-36(33)45(44,3)4)30-18-13-19-32(26-30)43-47-41(28-14-7-5-8-15-28)46-42(48-43)29-16-9-6-10-17-29;1-44(2)36-26-25-34-33-17-11-12-18-38(33)49-40(34)39(36)35-24-23-32(27-37(35)45(44,3)4)28-19-21-31(22-20-28)43-47-41(29-13-7-5-8-14-29)46-42(48-43)30-15-9-6-10-16-30;1-35(2)31-21-26(37(24-13-7-5-8-14-24)25-15-9-6-10-16-25)19-20-27(31)29-22-30-28-17-11-12-18-33(28)38-34(30)23-32(29)36(35,3)4/h2*5-27H,1-4H3;5-23H,1-4H3. The second-order valence-corrected chi connectivity index (χ2v) is 42.9. The molecule has 0 fully saturated rings. The average molecular weight is 1810 g/mol. The molecule has 0 unspecified atom stereocenters. The fourth-order valence-corrected chi connectivity index (χ4v) is 24.7. The van der Waals surface area contributed by atoms with E-state index in [0.717, 1.165) is 38.9 Å². The molecule has 25 rings (SSSR count). The van der Waals surface area contributed by atoms with E-state index in [4.69, 9.17) is 29.9 Å². The van der Waals surface area contributed by atoms with Crippen molar-refractivity contribution in [3.05, 3.63) is 428 Å². The minimum atomic E-state index is -0.105. The van der Waals surface area contributed by atoms with Crippen molar-refractivity contribution in [2.75, 3.05) is 4.90 Å². The Morgan fingerprint density at radius 3 is 1.03 bits per heavy atom. The van der Waals surface area contributed by atoms with E-state index in [1.165, 1.54) is 161 Å². The van der Waals surface area contributed by atoms with E-state index in [2.05, 4.69) is 361 Å². The number of fused-ring (bicyclic) bond motifs is 20. The first-order valence-corrected chi connectivity index (χ1v) is 49.6. The molecular weight excluding hydrogens is 1710 g/mol. The smallest absolute Gasteiger partial charge is 0.164 e. The van der Waals surface area contributed by atoms with Gasteiger partial charge in [0, 0.05) is 117 Å². The van der Waals surface area contributed by atoms with Crippen LogP contribution in [0.15, 0.2) is 394 Å². The van der Waals surface area contributed by atoms with Gasteiger partial charge in [0.05, 0.1) is 0 Å². The molecule has 17 aromatic carbocycles. The fourth-order valence-electron chi connectivity index (χ4n) is 21.2. The first-order valence-electron chi connectivity index (χ1n) is 47.1. The van der Waals surface area contributed by atoms with Gasteiger partial charge in [-0.25, -0.2) is 29.9 Å². The normalized spacial score (nSPS) is 14.7. The summed E-state index contributed by atoms with van der Waals surface area (Å²) >= 11 is 5.73. The Morgan fingerprint density at radius 2 is 0.522 bits per heavy atom. The van der Waals surface area contributed by atoms with Crippen molar-refractivity contribution in [2.24, 2.45) is 0 Å². The summed E-state index contributed by atoms with van der Waals surface area (Å²) in [5.74, 6) is 3.99. The molecule has 0 N–H and O–H groups in total. The van der Waals surface area contributed by atoms with Gasteiger partial charge in [-0.15, -0.1) is 34.0 Å². The highest BCUT2D eigenvalue weighted by molar-refractivity contribution is 7.27. The van der Waals surface area contributed by atoms with Crippen LogP contribution in [0.2, 0.25) is 0 Å². The topological polar surface area (TPSA) is 80.6 Å². The van der Waals surface area contributed by atoms with E-state index in [-0.39, 0.29) is 32.5 Å². The number of hydrogen-bond donors (Lipinski definition) is 0. The summed E-state index contributed by atoms with van der Waals surface area (Å²) in [5.41, 5.74) is 30.3. The molecule has 5 aromatic heterocycles. The second kappa shape index (κ2) is 33.1. The highest BCUT2D eigenvalue weighted by Crippen LogP contribution is 2.62. The van der Waals surface area contributed by atoms with Gasteiger partial charge in [-0.1, -0.05) is 386 Å². The maximum Gasteiger partial charge on any atom is 0.164 e. The maximum absolute atomic E-state index is 5.00. The molecule has 0 bridgehead atoms. The van der Waals surface area contributed by atoms with Crippen molar-refractivity contribution < 1.29 is 0 Å². The molecule has 658 valence electrons. The molecular formula is C126H101N7S3. The quantitative estimate of drug-likeness (QED) is 0.128. The summed E-state index contributed by atoms with van der Waals surface area (Å²) in [6.45, 7) is 29.0. The van der Waals surface area contributed by atoms with Gasteiger partial charge in [0.25, 0.3) is 0 Å². The maximum atomic E-state index is 5.00. The summed E-state index contributed by atoms with van der Waals surface area (Å²) < 4.78 is 8.17. The molecule has 0 atom stereocenters. The third kappa shape index (κ3) is 14.2. The minimum Gasteiger partial charge on any atom is -0.310 e. The zero-order valence-corrected chi connectivity index (χ0v) is 80.8. The number of para-hydroxylation sites is 2.